The van der Waals surface area contributed by atoms with Gasteiger partial charge in [0.1, 0.15) is 0 Å². The second kappa shape index (κ2) is 15.4. The van der Waals surface area contributed by atoms with E-state index in [1.807, 2.05) is 0 Å². The molecule has 0 aromatic carbocycles. The van der Waals surface area contributed by atoms with Crippen molar-refractivity contribution in [3.8, 4) is 0 Å². The first-order chi connectivity index (χ1) is 10.6. The van der Waals surface area contributed by atoms with Gasteiger partial charge in [-0.1, -0.05) is 96.9 Å². The highest BCUT2D eigenvalue weighted by Crippen LogP contribution is 2.22. The van der Waals surface area contributed by atoms with E-state index in [-0.39, 0.29) is 0 Å². The Labute approximate surface area is 141 Å². The van der Waals surface area contributed by atoms with Gasteiger partial charge in [-0.05, 0) is 43.9 Å². The topological polar surface area (TPSA) is 0 Å². The van der Waals surface area contributed by atoms with Crippen LogP contribution in [0.5, 0.6) is 0 Å². The van der Waals surface area contributed by atoms with Crippen molar-refractivity contribution >= 4 is 0 Å². The fraction of sp³-hybridized carbons (Fsp3) is 0.818. The summed E-state index contributed by atoms with van der Waals surface area (Å²) in [6, 6.07) is 0. The molecule has 0 amide bonds. The van der Waals surface area contributed by atoms with Crippen LogP contribution in [0.2, 0.25) is 0 Å². The molecule has 0 heteroatoms. The average Bonchev–Trinajstić information content (AvgIpc) is 2.45. The van der Waals surface area contributed by atoms with Gasteiger partial charge in [-0.2, -0.15) is 0 Å². The summed E-state index contributed by atoms with van der Waals surface area (Å²) in [6.07, 6.45) is 26.9. The van der Waals surface area contributed by atoms with Gasteiger partial charge in [-0.15, -0.1) is 0 Å². The molecular weight excluding hydrogens is 264 g/mol. The minimum absolute atomic E-state index is 0.520. The molecule has 0 unspecified atom stereocenters. The molecule has 0 radical (unpaired) electrons. The van der Waals surface area contributed by atoms with Crippen molar-refractivity contribution in [2.24, 2.45) is 5.41 Å². The van der Waals surface area contributed by atoms with Crippen molar-refractivity contribution in [2.75, 3.05) is 0 Å². The van der Waals surface area contributed by atoms with Crippen LogP contribution in [0.1, 0.15) is 111 Å². The van der Waals surface area contributed by atoms with E-state index >= 15 is 0 Å². The molecule has 0 fully saturated rings. The minimum atomic E-state index is 0.520. The SMILES string of the molecule is CCCCCC/C=C\C/C=C\CCCCCCCC(C)(C)C. The summed E-state index contributed by atoms with van der Waals surface area (Å²) in [6.45, 7) is 9.30. The van der Waals surface area contributed by atoms with Crippen LogP contribution in [-0.4, -0.2) is 0 Å². The van der Waals surface area contributed by atoms with Crippen LogP contribution < -0.4 is 0 Å². The van der Waals surface area contributed by atoms with Crippen LogP contribution in [0.25, 0.3) is 0 Å². The maximum Gasteiger partial charge on any atom is -0.0169 e. The molecule has 130 valence electrons. The number of rotatable bonds is 14. The second-order valence-electron chi connectivity index (χ2n) is 7.89. The molecule has 0 rings (SSSR count). The Balaban J connectivity index is 3.22. The predicted octanol–water partition coefficient (Wildman–Crippen LogP) is 8.24. The quantitative estimate of drug-likeness (QED) is 0.224. The Kier molecular flexibility index (Phi) is 15.0. The zero-order valence-corrected chi connectivity index (χ0v) is 16.0. The van der Waals surface area contributed by atoms with Crippen LogP contribution in [0.15, 0.2) is 24.3 Å². The highest BCUT2D eigenvalue weighted by Gasteiger charge is 2.08. The molecule has 0 saturated carbocycles. The van der Waals surface area contributed by atoms with E-state index in [1.54, 1.807) is 0 Å². The zero-order valence-electron chi connectivity index (χ0n) is 16.0. The summed E-state index contributed by atoms with van der Waals surface area (Å²) in [5.74, 6) is 0. The fourth-order valence-electron chi connectivity index (χ4n) is 2.64. The van der Waals surface area contributed by atoms with Crippen molar-refractivity contribution in [1.82, 2.24) is 0 Å². The summed E-state index contributed by atoms with van der Waals surface area (Å²) in [4.78, 5) is 0. The van der Waals surface area contributed by atoms with E-state index in [0.717, 1.165) is 6.42 Å². The Bertz CT molecular complexity index is 264. The van der Waals surface area contributed by atoms with Gasteiger partial charge >= 0.3 is 0 Å². The summed E-state index contributed by atoms with van der Waals surface area (Å²) in [5.41, 5.74) is 0.520. The molecule has 0 aromatic heterocycles. The van der Waals surface area contributed by atoms with Crippen molar-refractivity contribution in [3.05, 3.63) is 24.3 Å². The average molecular weight is 307 g/mol. The van der Waals surface area contributed by atoms with Crippen LogP contribution in [0, 0.1) is 5.41 Å². The summed E-state index contributed by atoms with van der Waals surface area (Å²) < 4.78 is 0. The first-order valence-electron chi connectivity index (χ1n) is 9.86. The normalized spacial score (nSPS) is 12.7. The zero-order chi connectivity index (χ0) is 16.5. The van der Waals surface area contributed by atoms with Crippen molar-refractivity contribution in [1.29, 1.82) is 0 Å². The third kappa shape index (κ3) is 19.5. The molecule has 22 heavy (non-hydrogen) atoms. The monoisotopic (exact) mass is 306 g/mol. The van der Waals surface area contributed by atoms with Crippen LogP contribution in [-0.2, 0) is 0 Å². The van der Waals surface area contributed by atoms with E-state index in [2.05, 4.69) is 52.0 Å². The lowest BCUT2D eigenvalue weighted by Crippen LogP contribution is -2.03. The summed E-state index contributed by atoms with van der Waals surface area (Å²) in [5, 5.41) is 0. The molecule has 0 aliphatic carbocycles. The molecule has 0 spiro atoms. The molecule has 0 atom stereocenters. The molecular formula is C22H42. The lowest BCUT2D eigenvalue weighted by atomic mass is 9.89. The Morgan fingerprint density at radius 1 is 0.591 bits per heavy atom. The number of hydrogen-bond acceptors (Lipinski definition) is 0. The van der Waals surface area contributed by atoms with E-state index in [0.29, 0.717) is 5.41 Å². The maximum atomic E-state index is 2.37. The maximum absolute atomic E-state index is 2.37. The van der Waals surface area contributed by atoms with E-state index in [4.69, 9.17) is 0 Å². The van der Waals surface area contributed by atoms with Gasteiger partial charge < -0.3 is 0 Å². The number of unbranched alkanes of at least 4 members (excludes halogenated alkanes) is 9. The minimum Gasteiger partial charge on any atom is -0.0882 e. The molecule has 0 N–H and O–H groups in total. The predicted molar refractivity (Wildman–Crippen MR) is 103 cm³/mol. The van der Waals surface area contributed by atoms with E-state index in [1.165, 1.54) is 77.0 Å². The van der Waals surface area contributed by atoms with Gasteiger partial charge in [0.15, 0.2) is 0 Å². The third-order valence-electron chi connectivity index (χ3n) is 4.13. The van der Waals surface area contributed by atoms with Crippen LogP contribution in [0.4, 0.5) is 0 Å². The third-order valence-corrected chi connectivity index (χ3v) is 4.13. The second-order valence-corrected chi connectivity index (χ2v) is 7.89. The fourth-order valence-corrected chi connectivity index (χ4v) is 2.64. The smallest absolute Gasteiger partial charge is 0.0169 e. The molecule has 0 aliphatic heterocycles. The number of hydrogen-bond donors (Lipinski definition) is 0. The summed E-state index contributed by atoms with van der Waals surface area (Å²) >= 11 is 0. The van der Waals surface area contributed by atoms with Gasteiger partial charge in [0.05, 0.1) is 0 Å². The van der Waals surface area contributed by atoms with Crippen molar-refractivity contribution < 1.29 is 0 Å². The molecule has 0 aromatic rings. The first kappa shape index (κ1) is 21.5. The highest BCUT2D eigenvalue weighted by molar-refractivity contribution is 4.92. The van der Waals surface area contributed by atoms with Gasteiger partial charge in [0.25, 0.3) is 0 Å². The van der Waals surface area contributed by atoms with E-state index in [9.17, 15) is 0 Å². The lowest BCUT2D eigenvalue weighted by Gasteiger charge is -2.17. The molecule has 0 aliphatic rings. The largest absolute Gasteiger partial charge is 0.0882 e. The van der Waals surface area contributed by atoms with Crippen LogP contribution >= 0.6 is 0 Å². The van der Waals surface area contributed by atoms with Crippen molar-refractivity contribution in [2.45, 2.75) is 111 Å². The van der Waals surface area contributed by atoms with Crippen molar-refractivity contribution in [3.63, 3.8) is 0 Å². The van der Waals surface area contributed by atoms with Gasteiger partial charge in [0.2, 0.25) is 0 Å². The molecule has 0 heterocycles. The Morgan fingerprint density at radius 2 is 1.09 bits per heavy atom. The molecule has 0 saturated heterocycles. The Hall–Kier alpha value is -0.520. The number of allylic oxidation sites excluding steroid dienone is 4. The van der Waals surface area contributed by atoms with Gasteiger partial charge in [0, 0.05) is 0 Å². The van der Waals surface area contributed by atoms with Crippen LogP contribution in [0.3, 0.4) is 0 Å². The summed E-state index contributed by atoms with van der Waals surface area (Å²) in [7, 11) is 0. The lowest BCUT2D eigenvalue weighted by molar-refractivity contribution is 0.356. The standard InChI is InChI=1S/C22H42/c1-5-6-7-8-9-10-11-12-13-14-15-16-17-18-19-20-21-22(2,3)4/h10-11,13-14H,5-9,12,15-21H2,1-4H3/b11-10-,14-13-. The highest BCUT2D eigenvalue weighted by atomic mass is 14.1. The van der Waals surface area contributed by atoms with E-state index < -0.39 is 0 Å². The van der Waals surface area contributed by atoms with Gasteiger partial charge in [-0.25, -0.2) is 0 Å². The van der Waals surface area contributed by atoms with Gasteiger partial charge in [-0.3, -0.25) is 0 Å². The molecule has 0 bridgehead atoms. The first-order valence-corrected chi connectivity index (χ1v) is 9.86. The Morgan fingerprint density at radius 3 is 1.64 bits per heavy atom. The molecule has 0 nitrogen and oxygen atoms in total.